The summed E-state index contributed by atoms with van der Waals surface area (Å²) in [5.74, 6) is 0.768. The molecule has 0 amide bonds. The molecule has 4 unspecified atom stereocenters. The summed E-state index contributed by atoms with van der Waals surface area (Å²) in [7, 11) is -0.279. The number of rotatable bonds is 5. The Balaban J connectivity index is 1.58. The molecule has 0 saturated heterocycles. The maximum absolute atomic E-state index is 13.0. The highest BCUT2D eigenvalue weighted by Crippen LogP contribution is 2.33. The number of hydrazone groups is 1. The number of nitrogens with one attached hydrogen (secondary N) is 1. The number of likely N-dealkylation sites (N-methyl/N-ethyl adjacent to an activating group) is 1. The quantitative estimate of drug-likeness (QED) is 0.804. The molecule has 0 bridgehead atoms. The van der Waals surface area contributed by atoms with Crippen LogP contribution in [-0.4, -0.2) is 66.8 Å². The van der Waals surface area contributed by atoms with E-state index in [1.54, 1.807) is 36.3 Å². The number of hydrogen-bond acceptors (Lipinski definition) is 7. The summed E-state index contributed by atoms with van der Waals surface area (Å²) >= 11 is 0. The maximum atomic E-state index is 13.0. The van der Waals surface area contributed by atoms with Crippen molar-refractivity contribution in [3.05, 3.63) is 36.8 Å². The molecule has 0 radical (unpaired) electrons. The monoisotopic (exact) mass is 390 g/mol. The number of nitrogens with zero attached hydrogens (tertiary/aromatic N) is 5. The smallest absolute Gasteiger partial charge is 0.242 e. The minimum atomic E-state index is -3.75. The molecule has 144 valence electrons. The van der Waals surface area contributed by atoms with Crippen molar-refractivity contribution in [3.8, 4) is 5.82 Å². The summed E-state index contributed by atoms with van der Waals surface area (Å²) < 4.78 is 35.9. The zero-order valence-electron chi connectivity index (χ0n) is 15.1. The van der Waals surface area contributed by atoms with Gasteiger partial charge in [-0.25, -0.2) is 22.8 Å². The molecule has 2 aliphatic rings. The molecule has 10 heteroatoms. The van der Waals surface area contributed by atoms with E-state index in [1.807, 2.05) is 18.3 Å². The summed E-state index contributed by atoms with van der Waals surface area (Å²) in [4.78, 5) is 4.32. The Kier molecular flexibility index (Phi) is 4.70. The van der Waals surface area contributed by atoms with Crippen LogP contribution in [-0.2, 0) is 14.8 Å². The number of sulfonamides is 1. The van der Waals surface area contributed by atoms with Gasteiger partial charge in [0.25, 0.3) is 0 Å². The lowest BCUT2D eigenvalue weighted by Crippen LogP contribution is -2.59. The van der Waals surface area contributed by atoms with Gasteiger partial charge in [-0.15, -0.1) is 0 Å². The van der Waals surface area contributed by atoms with E-state index in [0.29, 0.717) is 5.82 Å². The number of aromatic nitrogens is 3. The number of pyridine rings is 1. The molecule has 2 aromatic rings. The Labute approximate surface area is 158 Å². The van der Waals surface area contributed by atoms with Gasteiger partial charge in [0.05, 0.1) is 18.2 Å². The van der Waals surface area contributed by atoms with Crippen LogP contribution in [0.2, 0.25) is 0 Å². The van der Waals surface area contributed by atoms with Crippen LogP contribution in [0.15, 0.2) is 46.8 Å². The topological polar surface area (TPSA) is 102 Å². The normalized spacial score (nSPS) is 27.7. The van der Waals surface area contributed by atoms with Crippen LogP contribution in [0, 0.1) is 5.92 Å². The van der Waals surface area contributed by atoms with E-state index < -0.39 is 16.1 Å². The van der Waals surface area contributed by atoms with E-state index in [-0.39, 0.29) is 23.0 Å². The van der Waals surface area contributed by atoms with E-state index >= 15 is 0 Å². The summed E-state index contributed by atoms with van der Waals surface area (Å²) in [5, 5.41) is 10.3. The van der Waals surface area contributed by atoms with Crippen molar-refractivity contribution in [3.63, 3.8) is 0 Å². The Bertz CT molecular complexity index is 913. The molecule has 9 nitrogen and oxygen atoms in total. The lowest BCUT2D eigenvalue weighted by molar-refractivity contribution is 0.00642. The second-order valence-electron chi connectivity index (χ2n) is 6.79. The largest absolute Gasteiger partial charge is 0.380 e. The highest BCUT2D eigenvalue weighted by Gasteiger charge is 2.45. The Morgan fingerprint density at radius 2 is 2.15 bits per heavy atom. The van der Waals surface area contributed by atoms with Crippen molar-refractivity contribution < 1.29 is 13.2 Å². The van der Waals surface area contributed by atoms with E-state index in [4.69, 9.17) is 4.74 Å². The molecule has 1 fully saturated rings. The maximum Gasteiger partial charge on any atom is 0.242 e. The third-order valence-electron chi connectivity index (χ3n) is 5.23. The average molecular weight is 390 g/mol. The van der Waals surface area contributed by atoms with E-state index in [1.165, 1.54) is 12.3 Å². The number of fused-ring (bicyclic) bond motifs is 1. The van der Waals surface area contributed by atoms with Gasteiger partial charge in [-0.3, -0.25) is 5.01 Å². The fourth-order valence-corrected chi connectivity index (χ4v) is 5.09. The van der Waals surface area contributed by atoms with Crippen LogP contribution in [0.1, 0.15) is 12.8 Å². The van der Waals surface area contributed by atoms with Crippen LogP contribution in [0.25, 0.3) is 5.82 Å². The van der Waals surface area contributed by atoms with Gasteiger partial charge in [-0.1, -0.05) is 0 Å². The molecule has 4 atom stereocenters. The minimum Gasteiger partial charge on any atom is -0.380 e. The summed E-state index contributed by atoms with van der Waals surface area (Å²) in [5.41, 5.74) is 0. The van der Waals surface area contributed by atoms with E-state index in [0.717, 1.165) is 12.8 Å². The zero-order valence-corrected chi connectivity index (χ0v) is 16.0. The van der Waals surface area contributed by atoms with Gasteiger partial charge < -0.3 is 4.74 Å². The van der Waals surface area contributed by atoms with Crippen LogP contribution in [0.5, 0.6) is 0 Å². The number of ether oxygens (including phenoxy) is 1. The van der Waals surface area contributed by atoms with Crippen LogP contribution in [0.4, 0.5) is 0 Å². The first kappa shape index (κ1) is 18.1. The predicted octanol–water partition coefficient (Wildman–Crippen LogP) is 0.639. The third kappa shape index (κ3) is 3.35. The van der Waals surface area contributed by atoms with Crippen molar-refractivity contribution in [1.82, 2.24) is 24.5 Å². The van der Waals surface area contributed by atoms with Crippen LogP contribution >= 0.6 is 0 Å². The Hall–Kier alpha value is -2.30. The lowest BCUT2D eigenvalue weighted by Gasteiger charge is -2.41. The van der Waals surface area contributed by atoms with Gasteiger partial charge in [0.2, 0.25) is 10.0 Å². The SMILES string of the molecule is COC1CCC2C=NN(C)C2C1NS(=O)(=O)c1ccc(-n2cccn2)nc1. The standard InChI is InChI=1S/C17H22N6O3S/c1-22-17-12(10-20-22)4-6-14(26-2)16(17)21-27(24,25)13-5-7-15(18-11-13)23-9-3-8-19-23/h3,5,7-12,14,16-17,21H,4,6H2,1-2H3. The van der Waals surface area contributed by atoms with Gasteiger partial charge in [-0.05, 0) is 31.0 Å². The molecule has 1 N–H and O–H groups in total. The number of methoxy groups -OCH3 is 1. The molecule has 4 rings (SSSR count). The molecule has 0 aromatic carbocycles. The van der Waals surface area contributed by atoms with Gasteiger partial charge in [0.15, 0.2) is 5.82 Å². The highest BCUT2D eigenvalue weighted by atomic mass is 32.2. The molecule has 2 aromatic heterocycles. The number of hydrogen-bond donors (Lipinski definition) is 1. The van der Waals surface area contributed by atoms with Gasteiger partial charge in [0.1, 0.15) is 4.90 Å². The van der Waals surface area contributed by atoms with Gasteiger partial charge >= 0.3 is 0 Å². The molecular formula is C17H22N6O3S. The van der Waals surface area contributed by atoms with Gasteiger partial charge in [0, 0.05) is 44.9 Å². The Morgan fingerprint density at radius 3 is 2.81 bits per heavy atom. The highest BCUT2D eigenvalue weighted by molar-refractivity contribution is 7.89. The van der Waals surface area contributed by atoms with Gasteiger partial charge in [-0.2, -0.15) is 10.2 Å². The second-order valence-corrected chi connectivity index (χ2v) is 8.51. The summed E-state index contributed by atoms with van der Waals surface area (Å²) in [6.07, 6.45) is 8.13. The fourth-order valence-electron chi connectivity index (χ4n) is 3.86. The van der Waals surface area contributed by atoms with Crippen molar-refractivity contribution in [1.29, 1.82) is 0 Å². The predicted molar refractivity (Wildman–Crippen MR) is 99.0 cm³/mol. The second kappa shape index (κ2) is 7.02. The molecule has 0 spiro atoms. The van der Waals surface area contributed by atoms with E-state index in [9.17, 15) is 8.42 Å². The summed E-state index contributed by atoms with van der Waals surface area (Å²) in [6, 6.07) is 4.48. The molecule has 1 aliphatic carbocycles. The van der Waals surface area contributed by atoms with Crippen LogP contribution in [0.3, 0.4) is 0 Å². The van der Waals surface area contributed by atoms with Crippen molar-refractivity contribution in [2.75, 3.05) is 14.2 Å². The van der Waals surface area contributed by atoms with Crippen molar-refractivity contribution in [2.24, 2.45) is 11.0 Å². The van der Waals surface area contributed by atoms with Crippen LogP contribution < -0.4 is 4.72 Å². The van der Waals surface area contributed by atoms with Crippen molar-refractivity contribution in [2.45, 2.75) is 35.9 Å². The van der Waals surface area contributed by atoms with E-state index in [2.05, 4.69) is 19.9 Å². The molecular weight excluding hydrogens is 368 g/mol. The first-order valence-corrected chi connectivity index (χ1v) is 10.3. The zero-order chi connectivity index (χ0) is 19.0. The first-order valence-electron chi connectivity index (χ1n) is 8.78. The summed E-state index contributed by atoms with van der Waals surface area (Å²) in [6.45, 7) is 0. The first-order chi connectivity index (χ1) is 13.0. The minimum absolute atomic E-state index is 0.0604. The third-order valence-corrected chi connectivity index (χ3v) is 6.67. The molecule has 3 heterocycles. The molecule has 1 saturated carbocycles. The fraction of sp³-hybridized carbons (Fsp3) is 0.471. The average Bonchev–Trinajstić information content (AvgIpc) is 3.32. The molecule has 27 heavy (non-hydrogen) atoms. The van der Waals surface area contributed by atoms with Crippen molar-refractivity contribution >= 4 is 16.2 Å². The lowest BCUT2D eigenvalue weighted by atomic mass is 9.80. The Morgan fingerprint density at radius 1 is 1.30 bits per heavy atom. The molecule has 1 aliphatic heterocycles.